The molecule has 2 atom stereocenters. The van der Waals surface area contributed by atoms with Gasteiger partial charge in [0.25, 0.3) is 0 Å². The fraction of sp³-hybridized carbons (Fsp3) is 0.438. The standard InChI is InChI=1S/C32H42N8O5.ClH/c1-22(2)30-32(44)35-27(18-23-7-4-3-5-8-23)31(43)34-12-14-39(29(42)20-33)13-11-25-21-40(38-37-25)15-16-45-26-10-6-9-24(17-26)19-28(41)36-30;/h3-10,17,21-22,27,30H,11-16,18-20,33H2,1-2H3,(H,34,43)(H,35,44)(H,36,41);1H/t27-,30?;/m0./s1. The number of aromatic nitrogens is 3. The summed E-state index contributed by atoms with van der Waals surface area (Å²) in [5.41, 5.74) is 7.94. The molecule has 14 heteroatoms. The summed E-state index contributed by atoms with van der Waals surface area (Å²) < 4.78 is 7.56. The predicted molar refractivity (Wildman–Crippen MR) is 174 cm³/mol. The highest BCUT2D eigenvalue weighted by atomic mass is 35.5. The number of halogens is 1. The Bertz CT molecular complexity index is 1450. The van der Waals surface area contributed by atoms with E-state index in [2.05, 4.69) is 26.3 Å². The molecule has 0 aliphatic carbocycles. The lowest BCUT2D eigenvalue weighted by molar-refractivity contribution is -0.133. The van der Waals surface area contributed by atoms with Gasteiger partial charge in [-0.25, -0.2) is 4.68 Å². The lowest BCUT2D eigenvalue weighted by atomic mass is 10.0. The molecule has 1 aromatic heterocycles. The third-order valence-corrected chi connectivity index (χ3v) is 7.47. The summed E-state index contributed by atoms with van der Waals surface area (Å²) in [5.74, 6) is -1.10. The zero-order valence-electron chi connectivity index (χ0n) is 26.2. The van der Waals surface area contributed by atoms with Crippen LogP contribution in [0.1, 0.15) is 30.7 Å². The van der Waals surface area contributed by atoms with Crippen LogP contribution in [0, 0.1) is 5.92 Å². The SMILES string of the molecule is CC(C)C1NC(=O)Cc2cccc(c2)OCCn2cc(nn2)CCN(C(=O)CN)CCNC(=O)[C@H](Cc2ccccc2)NC1=O.Cl. The van der Waals surface area contributed by atoms with Crippen LogP contribution in [0.4, 0.5) is 0 Å². The van der Waals surface area contributed by atoms with Crippen LogP contribution in [0.25, 0.3) is 0 Å². The van der Waals surface area contributed by atoms with Gasteiger partial charge in [-0.2, -0.15) is 0 Å². The van der Waals surface area contributed by atoms with Gasteiger partial charge in [0.2, 0.25) is 23.6 Å². The number of hydrogen-bond donors (Lipinski definition) is 4. The number of hydrogen-bond acceptors (Lipinski definition) is 8. The van der Waals surface area contributed by atoms with Gasteiger partial charge in [-0.3, -0.25) is 19.2 Å². The van der Waals surface area contributed by atoms with Crippen molar-refractivity contribution < 1.29 is 23.9 Å². The van der Waals surface area contributed by atoms with Crippen LogP contribution >= 0.6 is 12.4 Å². The Morgan fingerprint density at radius 1 is 1.02 bits per heavy atom. The van der Waals surface area contributed by atoms with Crippen LogP contribution in [0.15, 0.2) is 60.8 Å². The quantitative estimate of drug-likeness (QED) is 0.317. The topological polar surface area (TPSA) is 174 Å². The number of carbonyl (C=O) groups excluding carboxylic acids is 4. The van der Waals surface area contributed by atoms with Crippen molar-refractivity contribution in [2.45, 2.75) is 51.7 Å². The van der Waals surface area contributed by atoms with Crippen LogP contribution in [0.2, 0.25) is 0 Å². The molecule has 0 radical (unpaired) electrons. The second-order valence-corrected chi connectivity index (χ2v) is 11.3. The lowest BCUT2D eigenvalue weighted by Crippen LogP contribution is -2.56. The second kappa shape index (κ2) is 17.9. The molecular formula is C32H43ClN8O5. The molecule has 4 bridgehead atoms. The maximum Gasteiger partial charge on any atom is 0.243 e. The number of ether oxygens (including phenoxy) is 1. The van der Waals surface area contributed by atoms with E-state index < -0.39 is 23.9 Å². The van der Waals surface area contributed by atoms with Gasteiger partial charge < -0.3 is 31.3 Å². The average molecular weight is 655 g/mol. The maximum atomic E-state index is 13.5. The molecule has 4 amide bonds. The van der Waals surface area contributed by atoms with Crippen molar-refractivity contribution in [2.75, 3.05) is 32.8 Å². The smallest absolute Gasteiger partial charge is 0.243 e. The second-order valence-electron chi connectivity index (χ2n) is 11.3. The number of benzene rings is 2. The molecule has 1 aliphatic rings. The van der Waals surface area contributed by atoms with Gasteiger partial charge in [0.05, 0.1) is 25.2 Å². The Morgan fingerprint density at radius 2 is 1.80 bits per heavy atom. The van der Waals surface area contributed by atoms with Crippen molar-refractivity contribution in [3.8, 4) is 5.75 Å². The van der Waals surface area contributed by atoms with E-state index in [9.17, 15) is 19.2 Å². The first-order valence-corrected chi connectivity index (χ1v) is 15.2. The van der Waals surface area contributed by atoms with Gasteiger partial charge in [0.1, 0.15) is 24.4 Å². The Hall–Kier alpha value is -4.49. The van der Waals surface area contributed by atoms with Gasteiger partial charge >= 0.3 is 0 Å². The maximum absolute atomic E-state index is 13.5. The zero-order valence-corrected chi connectivity index (χ0v) is 27.0. The minimum atomic E-state index is -0.915. The molecule has 0 saturated carbocycles. The first-order valence-electron chi connectivity index (χ1n) is 15.2. The molecule has 0 spiro atoms. The minimum Gasteiger partial charge on any atom is -0.492 e. The van der Waals surface area contributed by atoms with E-state index in [1.54, 1.807) is 34.0 Å². The Morgan fingerprint density at radius 3 is 2.54 bits per heavy atom. The third-order valence-electron chi connectivity index (χ3n) is 7.47. The molecule has 0 saturated heterocycles. The fourth-order valence-corrected chi connectivity index (χ4v) is 5.01. The normalized spacial score (nSPS) is 18.8. The number of nitrogens with zero attached hydrogens (tertiary/aromatic N) is 4. The van der Waals surface area contributed by atoms with E-state index >= 15 is 0 Å². The van der Waals surface area contributed by atoms with Gasteiger partial charge in [-0.15, -0.1) is 17.5 Å². The Balaban J connectivity index is 0.00000576. The highest BCUT2D eigenvalue weighted by Crippen LogP contribution is 2.15. The summed E-state index contributed by atoms with van der Waals surface area (Å²) >= 11 is 0. The van der Waals surface area contributed by atoms with Gasteiger partial charge in [-0.1, -0.05) is 61.5 Å². The summed E-state index contributed by atoms with van der Waals surface area (Å²) in [6.07, 6.45) is 2.54. The highest BCUT2D eigenvalue weighted by molar-refractivity contribution is 5.92. The summed E-state index contributed by atoms with van der Waals surface area (Å²) in [7, 11) is 0. The van der Waals surface area contributed by atoms with E-state index in [0.29, 0.717) is 37.6 Å². The molecule has 2 heterocycles. The highest BCUT2D eigenvalue weighted by Gasteiger charge is 2.29. The van der Waals surface area contributed by atoms with Crippen molar-refractivity contribution in [2.24, 2.45) is 11.7 Å². The van der Waals surface area contributed by atoms with Crippen molar-refractivity contribution in [3.63, 3.8) is 0 Å². The number of rotatable bonds is 4. The van der Waals surface area contributed by atoms with Gasteiger partial charge in [0.15, 0.2) is 0 Å². The molecular weight excluding hydrogens is 612 g/mol. The summed E-state index contributed by atoms with van der Waals surface area (Å²) in [5, 5.41) is 16.9. The van der Waals surface area contributed by atoms with Gasteiger partial charge in [-0.05, 0) is 29.2 Å². The molecule has 1 aliphatic heterocycles. The third kappa shape index (κ3) is 10.8. The molecule has 248 valence electrons. The summed E-state index contributed by atoms with van der Waals surface area (Å²) in [6, 6.07) is 14.8. The Labute approximate surface area is 275 Å². The molecule has 13 nitrogen and oxygen atoms in total. The van der Waals surface area contributed by atoms with Crippen LogP contribution in [-0.4, -0.2) is 88.4 Å². The minimum absolute atomic E-state index is 0. The zero-order chi connectivity index (χ0) is 32.2. The molecule has 46 heavy (non-hydrogen) atoms. The van der Waals surface area contributed by atoms with Crippen LogP contribution in [0.3, 0.4) is 0 Å². The summed E-state index contributed by atoms with van der Waals surface area (Å²) in [4.78, 5) is 54.2. The van der Waals surface area contributed by atoms with E-state index in [-0.39, 0.29) is 62.6 Å². The monoisotopic (exact) mass is 654 g/mol. The van der Waals surface area contributed by atoms with E-state index in [1.165, 1.54) is 0 Å². The largest absolute Gasteiger partial charge is 0.492 e. The molecule has 3 aromatic rings. The molecule has 0 fully saturated rings. The van der Waals surface area contributed by atoms with Crippen molar-refractivity contribution >= 4 is 36.0 Å². The first kappa shape index (κ1) is 36.0. The average Bonchev–Trinajstić information content (AvgIpc) is 3.48. The first-order chi connectivity index (χ1) is 21.7. The van der Waals surface area contributed by atoms with E-state index in [1.807, 2.05) is 50.2 Å². The Kier molecular flexibility index (Phi) is 14.0. The van der Waals surface area contributed by atoms with Crippen molar-refractivity contribution in [3.05, 3.63) is 77.6 Å². The number of nitrogens with one attached hydrogen (secondary N) is 3. The van der Waals surface area contributed by atoms with Crippen LogP contribution in [-0.2, 0) is 45.0 Å². The lowest BCUT2D eigenvalue weighted by Gasteiger charge is -2.26. The predicted octanol–water partition coefficient (Wildman–Crippen LogP) is 0.649. The number of carbonyl (C=O) groups is 4. The number of nitrogens with two attached hydrogens (primary N) is 1. The molecule has 5 N–H and O–H groups in total. The van der Waals surface area contributed by atoms with Gasteiger partial charge in [0, 0.05) is 38.7 Å². The van der Waals surface area contributed by atoms with E-state index in [4.69, 9.17) is 10.5 Å². The van der Waals surface area contributed by atoms with Crippen molar-refractivity contribution in [1.29, 1.82) is 0 Å². The molecule has 1 unspecified atom stereocenters. The summed E-state index contributed by atoms with van der Waals surface area (Å²) in [6.45, 7) is 4.98. The number of amides is 4. The van der Waals surface area contributed by atoms with Crippen LogP contribution in [0.5, 0.6) is 5.75 Å². The number of fused-ring (bicyclic) bond motifs is 4. The molecule has 2 aromatic carbocycles. The molecule has 4 rings (SSSR count). The van der Waals surface area contributed by atoms with E-state index in [0.717, 1.165) is 11.1 Å². The van der Waals surface area contributed by atoms with Crippen molar-refractivity contribution in [1.82, 2.24) is 35.8 Å². The van der Waals surface area contributed by atoms with Crippen LogP contribution < -0.4 is 26.4 Å². The fourth-order valence-electron chi connectivity index (χ4n) is 5.01.